The number of pyridine rings is 1. The number of carboxylic acid groups (broad SMARTS) is 1. The number of benzene rings is 2. The summed E-state index contributed by atoms with van der Waals surface area (Å²) in [6.45, 7) is 1.99. The van der Waals surface area contributed by atoms with Gasteiger partial charge in [-0.3, -0.25) is 5.10 Å². The Balaban J connectivity index is 1.94. The van der Waals surface area contributed by atoms with Crippen LogP contribution in [0.25, 0.3) is 33.5 Å². The lowest BCUT2D eigenvalue weighted by Gasteiger charge is -2.06. The number of fused-ring (bicyclic) bond motifs is 1. The number of carboxylic acids is 1. The fourth-order valence-corrected chi connectivity index (χ4v) is 2.90. The number of phenols is 1. The molecular weight excluding hydrogens is 330 g/mol. The molecule has 0 unspecified atom stereocenters. The van der Waals surface area contributed by atoms with Crippen LogP contribution in [0.5, 0.6) is 5.75 Å². The van der Waals surface area contributed by atoms with E-state index in [0.717, 1.165) is 11.1 Å². The van der Waals surface area contributed by atoms with Gasteiger partial charge in [-0.1, -0.05) is 29.8 Å². The number of aromatic hydroxyl groups is 1. The second-order valence-electron chi connectivity index (χ2n) is 6.07. The van der Waals surface area contributed by atoms with Crippen molar-refractivity contribution >= 4 is 17.0 Å². The molecule has 0 saturated heterocycles. The number of nitrogens with one attached hydrogen (secondary N) is 1. The lowest BCUT2D eigenvalue weighted by Crippen LogP contribution is -2.00. The third kappa shape index (κ3) is 2.67. The minimum Gasteiger partial charge on any atom is -0.508 e. The predicted octanol–water partition coefficient (Wildman–Crippen LogP) is 4.00. The lowest BCUT2D eigenvalue weighted by molar-refractivity contribution is 0.0699. The molecule has 0 saturated carbocycles. The molecule has 6 nitrogen and oxygen atoms in total. The quantitative estimate of drug-likeness (QED) is 0.521. The van der Waals surface area contributed by atoms with Crippen LogP contribution < -0.4 is 0 Å². The maximum atomic E-state index is 11.9. The van der Waals surface area contributed by atoms with Crippen LogP contribution in [-0.4, -0.2) is 31.4 Å². The van der Waals surface area contributed by atoms with Gasteiger partial charge in [0.1, 0.15) is 5.75 Å². The van der Waals surface area contributed by atoms with Crippen LogP contribution in [0.15, 0.2) is 54.6 Å². The number of aryl methyl sites for hydroxylation is 1. The van der Waals surface area contributed by atoms with Crippen LogP contribution in [0.1, 0.15) is 15.9 Å². The Labute approximate surface area is 148 Å². The van der Waals surface area contributed by atoms with Gasteiger partial charge in [-0.15, -0.1) is 0 Å². The van der Waals surface area contributed by atoms with Gasteiger partial charge in [0.05, 0.1) is 22.3 Å². The summed E-state index contributed by atoms with van der Waals surface area (Å²) < 4.78 is 0. The molecule has 2 heterocycles. The number of hydrogen-bond acceptors (Lipinski definition) is 4. The van der Waals surface area contributed by atoms with Crippen molar-refractivity contribution in [2.75, 3.05) is 0 Å². The van der Waals surface area contributed by atoms with Gasteiger partial charge < -0.3 is 10.2 Å². The van der Waals surface area contributed by atoms with E-state index in [1.165, 1.54) is 18.2 Å². The lowest BCUT2D eigenvalue weighted by atomic mass is 10.0. The van der Waals surface area contributed by atoms with E-state index in [4.69, 9.17) is 0 Å². The number of hydrogen-bond donors (Lipinski definition) is 3. The van der Waals surface area contributed by atoms with Crippen molar-refractivity contribution in [3.8, 4) is 28.3 Å². The van der Waals surface area contributed by atoms with Crippen LogP contribution in [0.4, 0.5) is 0 Å². The van der Waals surface area contributed by atoms with Crippen molar-refractivity contribution in [3.05, 3.63) is 65.7 Å². The van der Waals surface area contributed by atoms with Gasteiger partial charge in [-0.05, 0) is 37.3 Å². The molecule has 128 valence electrons. The number of aromatic carboxylic acids is 1. The maximum absolute atomic E-state index is 11.9. The van der Waals surface area contributed by atoms with Crippen molar-refractivity contribution in [2.45, 2.75) is 6.92 Å². The summed E-state index contributed by atoms with van der Waals surface area (Å²) in [4.78, 5) is 16.4. The van der Waals surface area contributed by atoms with E-state index in [1.807, 2.05) is 31.2 Å². The summed E-state index contributed by atoms with van der Waals surface area (Å²) in [6.07, 6.45) is 0. The number of nitrogens with zero attached hydrogens (tertiary/aromatic N) is 2. The van der Waals surface area contributed by atoms with Crippen LogP contribution in [0.2, 0.25) is 0 Å². The van der Waals surface area contributed by atoms with E-state index in [0.29, 0.717) is 28.0 Å². The van der Waals surface area contributed by atoms with Gasteiger partial charge in [0.2, 0.25) is 0 Å². The SMILES string of the molecule is Cc1ccc(-c2[nH]nc3nc(-c4ccc(O)cc4)cc(C(=O)O)c23)cc1. The second kappa shape index (κ2) is 6.00. The van der Waals surface area contributed by atoms with Gasteiger partial charge in [0, 0.05) is 11.1 Å². The zero-order chi connectivity index (χ0) is 18.3. The summed E-state index contributed by atoms with van der Waals surface area (Å²) in [6, 6.07) is 15.7. The van der Waals surface area contributed by atoms with E-state index in [1.54, 1.807) is 12.1 Å². The van der Waals surface area contributed by atoms with Gasteiger partial charge in [-0.25, -0.2) is 9.78 Å². The number of aromatic amines is 1. The Morgan fingerprint density at radius 2 is 1.65 bits per heavy atom. The normalized spacial score (nSPS) is 11.0. The Bertz CT molecular complexity index is 1110. The molecule has 6 heteroatoms. The van der Waals surface area contributed by atoms with E-state index >= 15 is 0 Å². The fourth-order valence-electron chi connectivity index (χ4n) is 2.90. The molecule has 2 aromatic heterocycles. The number of H-pyrrole nitrogens is 1. The van der Waals surface area contributed by atoms with Gasteiger partial charge in [-0.2, -0.15) is 5.10 Å². The molecule has 0 fully saturated rings. The largest absolute Gasteiger partial charge is 0.508 e. The number of carbonyl (C=O) groups is 1. The zero-order valence-electron chi connectivity index (χ0n) is 13.9. The van der Waals surface area contributed by atoms with Gasteiger partial charge in [0.25, 0.3) is 0 Å². The molecule has 4 rings (SSSR count). The van der Waals surface area contributed by atoms with Crippen LogP contribution in [0.3, 0.4) is 0 Å². The molecule has 4 aromatic rings. The van der Waals surface area contributed by atoms with Gasteiger partial charge >= 0.3 is 5.97 Å². The first-order valence-corrected chi connectivity index (χ1v) is 8.02. The first-order chi connectivity index (χ1) is 12.5. The Kier molecular flexibility index (Phi) is 3.65. The Morgan fingerprint density at radius 3 is 2.31 bits per heavy atom. The van der Waals surface area contributed by atoms with E-state index in [-0.39, 0.29) is 11.3 Å². The average molecular weight is 345 g/mol. The van der Waals surface area contributed by atoms with E-state index in [9.17, 15) is 15.0 Å². The third-order valence-corrected chi connectivity index (χ3v) is 4.26. The number of phenolic OH excluding ortho intramolecular Hbond substituents is 1. The summed E-state index contributed by atoms with van der Waals surface area (Å²) >= 11 is 0. The fraction of sp³-hybridized carbons (Fsp3) is 0.0500. The molecule has 0 atom stereocenters. The van der Waals surface area contributed by atoms with Crippen molar-refractivity contribution < 1.29 is 15.0 Å². The second-order valence-corrected chi connectivity index (χ2v) is 6.07. The molecule has 0 amide bonds. The highest BCUT2D eigenvalue weighted by Crippen LogP contribution is 2.31. The van der Waals surface area contributed by atoms with Crippen molar-refractivity contribution in [1.29, 1.82) is 0 Å². The van der Waals surface area contributed by atoms with Crippen LogP contribution >= 0.6 is 0 Å². The van der Waals surface area contributed by atoms with Crippen molar-refractivity contribution in [2.24, 2.45) is 0 Å². The monoisotopic (exact) mass is 345 g/mol. The topological polar surface area (TPSA) is 99.1 Å². The predicted molar refractivity (Wildman–Crippen MR) is 98.1 cm³/mol. The molecule has 26 heavy (non-hydrogen) atoms. The first kappa shape index (κ1) is 15.8. The molecule has 0 spiro atoms. The van der Waals surface area contributed by atoms with Crippen molar-refractivity contribution in [1.82, 2.24) is 15.2 Å². The number of aromatic nitrogens is 3. The molecule has 2 aromatic carbocycles. The zero-order valence-corrected chi connectivity index (χ0v) is 13.9. The molecule has 0 aliphatic heterocycles. The summed E-state index contributed by atoms with van der Waals surface area (Å²) in [5.41, 5.74) is 4.24. The summed E-state index contributed by atoms with van der Waals surface area (Å²) in [5, 5.41) is 26.8. The molecule has 0 aliphatic carbocycles. The maximum Gasteiger partial charge on any atom is 0.336 e. The summed E-state index contributed by atoms with van der Waals surface area (Å²) in [5.74, 6) is -0.915. The average Bonchev–Trinajstić information content (AvgIpc) is 3.06. The summed E-state index contributed by atoms with van der Waals surface area (Å²) in [7, 11) is 0. The minimum absolute atomic E-state index is 0.127. The van der Waals surface area contributed by atoms with Crippen LogP contribution in [0, 0.1) is 6.92 Å². The van der Waals surface area contributed by atoms with E-state index < -0.39 is 5.97 Å². The molecule has 3 N–H and O–H groups in total. The molecule has 0 radical (unpaired) electrons. The first-order valence-electron chi connectivity index (χ1n) is 8.02. The van der Waals surface area contributed by atoms with Gasteiger partial charge in [0.15, 0.2) is 5.65 Å². The molecule has 0 bridgehead atoms. The highest BCUT2D eigenvalue weighted by molar-refractivity contribution is 6.08. The smallest absolute Gasteiger partial charge is 0.336 e. The van der Waals surface area contributed by atoms with Crippen LogP contribution in [-0.2, 0) is 0 Å². The number of rotatable bonds is 3. The Morgan fingerprint density at radius 1 is 1.00 bits per heavy atom. The third-order valence-electron chi connectivity index (χ3n) is 4.26. The minimum atomic E-state index is -1.05. The molecule has 0 aliphatic rings. The Hall–Kier alpha value is -3.67. The van der Waals surface area contributed by atoms with E-state index in [2.05, 4.69) is 15.2 Å². The molecular formula is C20H15N3O3. The highest BCUT2D eigenvalue weighted by Gasteiger charge is 2.19. The highest BCUT2D eigenvalue weighted by atomic mass is 16.4. The standard InChI is InChI=1S/C20H15N3O3/c1-11-2-4-13(5-3-11)18-17-15(20(25)26)10-16(21-19(17)23-22-18)12-6-8-14(24)9-7-12/h2-10,24H,1H3,(H,25,26)(H,21,22,23). The van der Waals surface area contributed by atoms with Crippen molar-refractivity contribution in [3.63, 3.8) is 0 Å².